The monoisotopic (exact) mass is 1270 g/mol. The number of unbranched alkanes of at least 4 members (excludes halogenated alkanes) is 10. The van der Waals surface area contributed by atoms with E-state index >= 15 is 0 Å². The lowest BCUT2D eigenvalue weighted by molar-refractivity contribution is -0.284. The molecule has 3 aliphatic rings. The van der Waals surface area contributed by atoms with E-state index in [0.29, 0.717) is 31.1 Å². The van der Waals surface area contributed by atoms with Gasteiger partial charge in [0.1, 0.15) is 23.4 Å². The van der Waals surface area contributed by atoms with E-state index in [1.165, 1.54) is 23.5 Å². The molecule has 3 aliphatic heterocycles. The fourth-order valence-corrected chi connectivity index (χ4v) is 13.0. The van der Waals surface area contributed by atoms with Gasteiger partial charge in [0.25, 0.3) is 0 Å². The van der Waals surface area contributed by atoms with Crippen molar-refractivity contribution in [3.8, 4) is 17.2 Å². The summed E-state index contributed by atoms with van der Waals surface area (Å²) in [7, 11) is 0. The second kappa shape index (κ2) is 34.9. The van der Waals surface area contributed by atoms with Crippen LogP contribution in [-0.2, 0) is 9.47 Å². The van der Waals surface area contributed by atoms with Crippen LogP contribution < -0.4 is 19.5 Å². The maximum Gasteiger partial charge on any atom is 0.453 e. The molecule has 1 N–H and O–H groups in total. The normalized spacial score (nSPS) is 19.0. The molecule has 5 atom stereocenters. The third-order valence-electron chi connectivity index (χ3n) is 15.1. The van der Waals surface area contributed by atoms with Crippen LogP contribution in [0.5, 0.6) is 17.2 Å². The lowest BCUT2D eigenvalue weighted by Crippen LogP contribution is -2.36. The Balaban J connectivity index is 0.944. The fourth-order valence-electron chi connectivity index (χ4n) is 10.3. The van der Waals surface area contributed by atoms with Crippen LogP contribution in [0.3, 0.4) is 0 Å². The lowest BCUT2D eigenvalue weighted by Gasteiger charge is -2.32. The number of fused-ring (bicyclic) bond motifs is 1. The van der Waals surface area contributed by atoms with Gasteiger partial charge in [-0.2, -0.15) is 67.4 Å². The average Bonchev–Trinajstić information content (AvgIpc) is 3.63. The van der Waals surface area contributed by atoms with Crippen molar-refractivity contribution in [2.24, 2.45) is 0 Å². The van der Waals surface area contributed by atoms with E-state index in [4.69, 9.17) is 23.7 Å². The predicted molar refractivity (Wildman–Crippen MR) is 317 cm³/mol. The minimum atomic E-state index is -5.56. The van der Waals surface area contributed by atoms with Crippen molar-refractivity contribution >= 4 is 56.7 Å². The Hall–Kier alpha value is -3.10. The summed E-state index contributed by atoms with van der Waals surface area (Å²) >= 11 is 6.66. The van der Waals surface area contributed by atoms with Crippen LogP contribution in [-0.4, -0.2) is 84.0 Å². The van der Waals surface area contributed by atoms with Crippen LogP contribution in [0.4, 0.5) is 43.9 Å². The molecule has 6 nitrogen and oxygen atoms in total. The minimum Gasteiger partial charge on any atom is -0.480 e. The number of benzene rings is 3. The van der Waals surface area contributed by atoms with Crippen molar-refractivity contribution in [3.63, 3.8) is 0 Å². The number of allylic oxidation sites excluding steroid dienone is 2. The fraction of sp³-hybridized carbons (Fsp3) is 0.651. The first-order chi connectivity index (χ1) is 39.3. The highest BCUT2D eigenvalue weighted by molar-refractivity contribution is 9.09. The molecule has 2 saturated heterocycles. The first-order valence-electron chi connectivity index (χ1n) is 29.7. The summed E-state index contributed by atoms with van der Waals surface area (Å²) in [6, 6.07) is 22.2. The molecule has 0 radical (unpaired) electrons. The Morgan fingerprint density at radius 3 is 1.83 bits per heavy atom. The Labute approximate surface area is 496 Å². The number of hydrogen-bond acceptors (Lipinski definition) is 8. The first kappa shape index (κ1) is 68.0. The first-order valence-corrected chi connectivity index (χ1v) is 32.8. The highest BCUT2D eigenvalue weighted by atomic mass is 79.9. The zero-order valence-electron chi connectivity index (χ0n) is 47.3. The van der Waals surface area contributed by atoms with Gasteiger partial charge in [-0.3, -0.25) is 0 Å². The SMILES string of the molecule is CC1=C(c2cccc(OC3CCCCO3)c2)C(c2ccc(/C=C\CC(CCCCCCCC(Br)NCCCCCCCCCSCCCC(F)(F)C(F)(F)F)SCCCC(F)(F)C(F)(F)F)cc2)Oc2ccc(OC3CCCCO3)cc21. The molecule has 19 heteroatoms. The number of hydrogen-bond donors (Lipinski definition) is 1. The molecular formula is C63H84BrF10NO5S2. The summed E-state index contributed by atoms with van der Waals surface area (Å²) < 4.78 is 160. The molecular weight excluding hydrogens is 1180 g/mol. The minimum absolute atomic E-state index is 0.0639. The van der Waals surface area contributed by atoms with Gasteiger partial charge < -0.3 is 29.0 Å². The van der Waals surface area contributed by atoms with Crippen molar-refractivity contribution < 1.29 is 67.6 Å². The van der Waals surface area contributed by atoms with Crippen LogP contribution in [0.15, 0.2) is 72.8 Å². The van der Waals surface area contributed by atoms with E-state index in [1.54, 1.807) is 0 Å². The molecule has 0 aromatic heterocycles. The maximum atomic E-state index is 13.8. The molecule has 3 heterocycles. The van der Waals surface area contributed by atoms with Gasteiger partial charge in [-0.1, -0.05) is 129 Å². The molecule has 6 rings (SSSR count). The quantitative estimate of drug-likeness (QED) is 0.0265. The highest BCUT2D eigenvalue weighted by Crippen LogP contribution is 2.48. The lowest BCUT2D eigenvalue weighted by atomic mass is 9.86. The van der Waals surface area contributed by atoms with Gasteiger partial charge in [-0.05, 0) is 154 Å². The third-order valence-corrected chi connectivity index (χ3v) is 18.4. The topological polar surface area (TPSA) is 58.2 Å². The number of rotatable bonds is 37. The molecule has 5 unspecified atom stereocenters. The summed E-state index contributed by atoms with van der Waals surface area (Å²) in [6.45, 7) is 4.37. The van der Waals surface area contributed by atoms with Crippen molar-refractivity contribution in [2.45, 2.75) is 221 Å². The Morgan fingerprint density at radius 2 is 1.21 bits per heavy atom. The number of alkyl halides is 11. The van der Waals surface area contributed by atoms with Gasteiger partial charge in [-0.25, -0.2) is 0 Å². The van der Waals surface area contributed by atoms with Gasteiger partial charge in [0, 0.05) is 42.1 Å². The van der Waals surface area contributed by atoms with Gasteiger partial charge >= 0.3 is 24.2 Å². The third kappa shape index (κ3) is 23.3. The standard InChI is InChI=1S/C63H84BrF10NO5S2/c1-46-53-45-51(79-57-29-13-16-40-77-57)34-35-54(53)80-59(58(46)49-23-19-24-50(44-49)78-56-28-12-15-39-76-56)48-32-30-47(31-33-48)22-18-26-52(82-43-21-37-61(67,68)63(72,73)74)25-10-6-5-7-11-27-55(64)75-38-14-8-3-2-4-9-17-41-81-42-20-36-60(65,66)62(69,70)71/h18-19,22-24,30-35,44-45,52,55-57,59,75H,2-17,20-21,25-29,36-43H2,1H3/b22-18-. The van der Waals surface area contributed by atoms with Gasteiger partial charge in [0.15, 0.2) is 12.6 Å². The second-order valence-electron chi connectivity index (χ2n) is 21.8. The maximum absolute atomic E-state index is 13.8. The van der Waals surface area contributed by atoms with Crippen molar-refractivity contribution in [3.05, 3.63) is 95.1 Å². The number of halogens is 11. The van der Waals surface area contributed by atoms with Crippen LogP contribution in [0.2, 0.25) is 0 Å². The van der Waals surface area contributed by atoms with Crippen LogP contribution >= 0.6 is 39.5 Å². The molecule has 0 spiro atoms. The van der Waals surface area contributed by atoms with Crippen molar-refractivity contribution in [2.75, 3.05) is 37.0 Å². The molecule has 460 valence electrons. The number of thioether (sulfide) groups is 2. The molecule has 3 aromatic carbocycles. The van der Waals surface area contributed by atoms with E-state index in [0.717, 1.165) is 186 Å². The van der Waals surface area contributed by atoms with Crippen molar-refractivity contribution in [1.29, 1.82) is 0 Å². The molecule has 82 heavy (non-hydrogen) atoms. The Bertz CT molecular complexity index is 2360. The molecule has 0 bridgehead atoms. The van der Waals surface area contributed by atoms with E-state index in [-0.39, 0.29) is 41.4 Å². The van der Waals surface area contributed by atoms with Crippen LogP contribution in [0.25, 0.3) is 17.2 Å². The summed E-state index contributed by atoms with van der Waals surface area (Å²) in [6.07, 6.45) is 10.1. The summed E-state index contributed by atoms with van der Waals surface area (Å²) in [4.78, 5) is 0.219. The zero-order valence-corrected chi connectivity index (χ0v) is 50.5. The van der Waals surface area contributed by atoms with Crippen LogP contribution in [0.1, 0.15) is 196 Å². The van der Waals surface area contributed by atoms with E-state index in [1.807, 2.05) is 54.6 Å². The zero-order chi connectivity index (χ0) is 58.9. The Morgan fingerprint density at radius 1 is 0.634 bits per heavy atom. The molecule has 3 aromatic rings. The highest BCUT2D eigenvalue weighted by Gasteiger charge is 2.57. The molecule has 0 saturated carbocycles. The Kier molecular flexibility index (Phi) is 28.9. The van der Waals surface area contributed by atoms with Gasteiger partial charge in [-0.15, -0.1) is 0 Å². The molecule has 0 amide bonds. The van der Waals surface area contributed by atoms with Crippen LogP contribution in [0, 0.1) is 0 Å². The predicted octanol–water partition coefficient (Wildman–Crippen LogP) is 20.5. The van der Waals surface area contributed by atoms with Crippen molar-refractivity contribution in [1.82, 2.24) is 5.32 Å². The second-order valence-corrected chi connectivity index (χ2v) is 25.6. The largest absolute Gasteiger partial charge is 0.480 e. The summed E-state index contributed by atoms with van der Waals surface area (Å²) in [5.74, 6) is -5.85. The van der Waals surface area contributed by atoms with E-state index in [9.17, 15) is 43.9 Å². The van der Waals surface area contributed by atoms with E-state index in [2.05, 4.69) is 52.4 Å². The van der Waals surface area contributed by atoms with Gasteiger partial charge in [0.05, 0.1) is 18.2 Å². The number of ether oxygens (including phenoxy) is 5. The smallest absolute Gasteiger partial charge is 0.453 e. The molecule has 2 fully saturated rings. The summed E-state index contributed by atoms with van der Waals surface area (Å²) in [5.41, 5.74) is 5.86. The average molecular weight is 1270 g/mol. The number of nitrogens with one attached hydrogen (secondary N) is 1. The van der Waals surface area contributed by atoms with E-state index < -0.39 is 43.1 Å². The molecule has 0 aliphatic carbocycles. The van der Waals surface area contributed by atoms with Gasteiger partial charge in [0.2, 0.25) is 0 Å². The summed E-state index contributed by atoms with van der Waals surface area (Å²) in [5, 5.41) is 3.61.